The van der Waals surface area contributed by atoms with Crippen LogP contribution in [-0.2, 0) is 7.05 Å². The summed E-state index contributed by atoms with van der Waals surface area (Å²) in [5.74, 6) is 0.624. The number of nitrogens with zero attached hydrogens (tertiary/aromatic N) is 2. The summed E-state index contributed by atoms with van der Waals surface area (Å²) in [7, 11) is 2.07. The first-order valence-electron chi connectivity index (χ1n) is 7.47. The Labute approximate surface area is 121 Å². The number of benzene rings is 1. The molecule has 0 amide bonds. The number of hydrogen-bond donors (Lipinski definition) is 1. The predicted molar refractivity (Wildman–Crippen MR) is 83.0 cm³/mol. The Morgan fingerprint density at radius 3 is 2.60 bits per heavy atom. The van der Waals surface area contributed by atoms with Gasteiger partial charge >= 0.3 is 0 Å². The number of aryl methyl sites for hydroxylation is 3. The van der Waals surface area contributed by atoms with Crippen LogP contribution in [0.15, 0.2) is 24.4 Å². The maximum Gasteiger partial charge on any atom is 0.0571 e. The Balaban J connectivity index is 2.05. The van der Waals surface area contributed by atoms with Crippen LogP contribution >= 0.6 is 0 Å². The van der Waals surface area contributed by atoms with Gasteiger partial charge in [0.25, 0.3) is 0 Å². The second kappa shape index (κ2) is 5.41. The molecule has 0 spiro atoms. The third-order valence-electron chi connectivity index (χ3n) is 4.38. The fraction of sp³-hybridized carbons (Fsp3) is 0.471. The second-order valence-corrected chi connectivity index (χ2v) is 5.91. The number of piperidine rings is 1. The molecule has 1 aromatic carbocycles. The molecule has 1 saturated heterocycles. The minimum Gasteiger partial charge on any atom is -0.317 e. The van der Waals surface area contributed by atoms with Gasteiger partial charge in [0.15, 0.2) is 0 Å². The maximum atomic E-state index is 4.53. The third kappa shape index (κ3) is 2.38. The molecule has 0 atom stereocenters. The van der Waals surface area contributed by atoms with E-state index in [0.717, 1.165) is 13.1 Å². The fourth-order valence-corrected chi connectivity index (χ4v) is 3.35. The Morgan fingerprint density at radius 1 is 1.15 bits per heavy atom. The molecule has 1 fully saturated rings. The van der Waals surface area contributed by atoms with Gasteiger partial charge in [-0.2, -0.15) is 5.10 Å². The minimum absolute atomic E-state index is 0.624. The number of nitrogens with one attached hydrogen (secondary N) is 1. The maximum absolute atomic E-state index is 4.53. The van der Waals surface area contributed by atoms with Crippen LogP contribution in [0.5, 0.6) is 0 Å². The lowest BCUT2D eigenvalue weighted by Gasteiger charge is -2.24. The molecule has 2 aromatic rings. The fourth-order valence-electron chi connectivity index (χ4n) is 3.35. The largest absolute Gasteiger partial charge is 0.317 e. The lowest BCUT2D eigenvalue weighted by molar-refractivity contribution is 0.440. The van der Waals surface area contributed by atoms with Crippen LogP contribution in [0.3, 0.4) is 0 Å². The topological polar surface area (TPSA) is 29.9 Å². The van der Waals surface area contributed by atoms with Gasteiger partial charge in [0.1, 0.15) is 0 Å². The van der Waals surface area contributed by atoms with Crippen molar-refractivity contribution in [1.29, 1.82) is 0 Å². The monoisotopic (exact) mass is 269 g/mol. The van der Waals surface area contributed by atoms with E-state index in [0.29, 0.717) is 5.92 Å². The smallest absolute Gasteiger partial charge is 0.0571 e. The van der Waals surface area contributed by atoms with Crippen molar-refractivity contribution in [2.45, 2.75) is 32.6 Å². The molecule has 3 rings (SSSR count). The molecule has 1 N–H and O–H groups in total. The first-order valence-corrected chi connectivity index (χ1v) is 7.47. The van der Waals surface area contributed by atoms with Crippen molar-refractivity contribution in [3.63, 3.8) is 0 Å². The van der Waals surface area contributed by atoms with Gasteiger partial charge in [0, 0.05) is 24.2 Å². The van der Waals surface area contributed by atoms with Crippen molar-refractivity contribution in [1.82, 2.24) is 15.1 Å². The number of hydrogen-bond acceptors (Lipinski definition) is 2. The second-order valence-electron chi connectivity index (χ2n) is 5.91. The Morgan fingerprint density at radius 2 is 1.90 bits per heavy atom. The summed E-state index contributed by atoms with van der Waals surface area (Å²) in [6.45, 7) is 6.57. The Kier molecular flexibility index (Phi) is 3.62. The van der Waals surface area contributed by atoms with Crippen LogP contribution in [0.2, 0.25) is 0 Å². The van der Waals surface area contributed by atoms with E-state index in [1.54, 1.807) is 0 Å². The lowest BCUT2D eigenvalue weighted by Crippen LogP contribution is -2.27. The van der Waals surface area contributed by atoms with Gasteiger partial charge in [0.2, 0.25) is 0 Å². The van der Waals surface area contributed by atoms with Crippen molar-refractivity contribution in [3.8, 4) is 11.1 Å². The van der Waals surface area contributed by atoms with Crippen LogP contribution in [-0.4, -0.2) is 22.9 Å². The van der Waals surface area contributed by atoms with E-state index < -0.39 is 0 Å². The number of rotatable bonds is 2. The molecule has 1 aliphatic heterocycles. The molecule has 0 aliphatic carbocycles. The van der Waals surface area contributed by atoms with Crippen LogP contribution in [0.25, 0.3) is 11.1 Å². The highest BCUT2D eigenvalue weighted by molar-refractivity contribution is 5.70. The summed E-state index contributed by atoms with van der Waals surface area (Å²) >= 11 is 0. The van der Waals surface area contributed by atoms with Crippen molar-refractivity contribution < 1.29 is 0 Å². The average molecular weight is 269 g/mol. The Bertz CT molecular complexity index is 607. The normalized spacial score (nSPS) is 16.6. The molecule has 0 saturated carbocycles. The van der Waals surface area contributed by atoms with E-state index in [2.05, 4.69) is 54.2 Å². The van der Waals surface area contributed by atoms with E-state index in [-0.39, 0.29) is 0 Å². The zero-order chi connectivity index (χ0) is 14.1. The summed E-state index contributed by atoms with van der Waals surface area (Å²) in [4.78, 5) is 0. The SMILES string of the molecule is Cc1ccc(-c2cnn(C)c2C2CCNCC2)c(C)c1. The molecular weight excluding hydrogens is 246 g/mol. The molecule has 2 heterocycles. The summed E-state index contributed by atoms with van der Waals surface area (Å²) in [6.07, 6.45) is 4.45. The average Bonchev–Trinajstić information content (AvgIpc) is 2.81. The van der Waals surface area contributed by atoms with E-state index in [1.807, 2.05) is 6.20 Å². The quantitative estimate of drug-likeness (QED) is 0.907. The summed E-state index contributed by atoms with van der Waals surface area (Å²) in [5.41, 5.74) is 6.71. The molecule has 20 heavy (non-hydrogen) atoms. The van der Waals surface area contributed by atoms with Crippen LogP contribution in [0.4, 0.5) is 0 Å². The van der Waals surface area contributed by atoms with Gasteiger partial charge in [-0.3, -0.25) is 4.68 Å². The zero-order valence-electron chi connectivity index (χ0n) is 12.6. The van der Waals surface area contributed by atoms with Gasteiger partial charge in [-0.05, 0) is 50.9 Å². The molecule has 3 nitrogen and oxygen atoms in total. The molecule has 1 aliphatic rings. The Hall–Kier alpha value is -1.61. The highest BCUT2D eigenvalue weighted by Gasteiger charge is 2.23. The molecule has 3 heteroatoms. The lowest BCUT2D eigenvalue weighted by atomic mass is 9.88. The van der Waals surface area contributed by atoms with Crippen molar-refractivity contribution in [2.75, 3.05) is 13.1 Å². The molecular formula is C17H23N3. The molecule has 1 aromatic heterocycles. The van der Waals surface area contributed by atoms with Crippen molar-refractivity contribution in [3.05, 3.63) is 41.2 Å². The number of aromatic nitrogens is 2. The first kappa shape index (κ1) is 13.4. The van der Waals surface area contributed by atoms with E-state index in [9.17, 15) is 0 Å². The molecule has 0 radical (unpaired) electrons. The summed E-state index contributed by atoms with van der Waals surface area (Å²) < 4.78 is 2.07. The van der Waals surface area contributed by atoms with E-state index in [1.165, 1.54) is 40.8 Å². The van der Waals surface area contributed by atoms with Gasteiger partial charge in [-0.1, -0.05) is 23.8 Å². The van der Waals surface area contributed by atoms with Gasteiger partial charge < -0.3 is 5.32 Å². The van der Waals surface area contributed by atoms with Gasteiger partial charge in [-0.15, -0.1) is 0 Å². The molecule has 106 valence electrons. The van der Waals surface area contributed by atoms with Gasteiger partial charge in [0.05, 0.1) is 6.20 Å². The molecule has 0 unspecified atom stereocenters. The van der Waals surface area contributed by atoms with Crippen molar-refractivity contribution >= 4 is 0 Å². The standard InChI is InChI=1S/C17H23N3/c1-12-4-5-15(13(2)10-12)16-11-19-20(3)17(16)14-6-8-18-9-7-14/h4-5,10-11,14,18H,6-9H2,1-3H3. The van der Waals surface area contributed by atoms with Crippen LogP contribution in [0.1, 0.15) is 35.6 Å². The van der Waals surface area contributed by atoms with E-state index in [4.69, 9.17) is 0 Å². The highest BCUT2D eigenvalue weighted by atomic mass is 15.3. The van der Waals surface area contributed by atoms with Gasteiger partial charge in [-0.25, -0.2) is 0 Å². The summed E-state index contributed by atoms with van der Waals surface area (Å²) in [5, 5.41) is 7.97. The third-order valence-corrected chi connectivity index (χ3v) is 4.38. The predicted octanol–water partition coefficient (Wildman–Crippen LogP) is 3.17. The minimum atomic E-state index is 0.624. The van der Waals surface area contributed by atoms with Crippen LogP contribution in [0, 0.1) is 13.8 Å². The first-order chi connectivity index (χ1) is 9.66. The summed E-state index contributed by atoms with van der Waals surface area (Å²) in [6, 6.07) is 6.70. The van der Waals surface area contributed by atoms with Crippen LogP contribution < -0.4 is 5.32 Å². The van der Waals surface area contributed by atoms with Crippen molar-refractivity contribution in [2.24, 2.45) is 7.05 Å². The zero-order valence-corrected chi connectivity index (χ0v) is 12.6. The molecule has 0 bridgehead atoms. The van der Waals surface area contributed by atoms with E-state index >= 15 is 0 Å². The highest BCUT2D eigenvalue weighted by Crippen LogP contribution is 2.35.